The van der Waals surface area contributed by atoms with E-state index in [9.17, 15) is 4.79 Å². The Labute approximate surface area is 152 Å². The molecule has 6 nitrogen and oxygen atoms in total. The monoisotopic (exact) mass is 405 g/mol. The molecule has 0 spiro atoms. The van der Waals surface area contributed by atoms with E-state index in [0.29, 0.717) is 16.5 Å². The van der Waals surface area contributed by atoms with E-state index >= 15 is 0 Å². The van der Waals surface area contributed by atoms with E-state index in [4.69, 9.17) is 11.6 Å². The average Bonchev–Trinajstić information content (AvgIpc) is 3.04. The number of halogens is 2. The predicted molar refractivity (Wildman–Crippen MR) is 95.7 cm³/mol. The molecule has 24 heavy (non-hydrogen) atoms. The first-order valence-electron chi connectivity index (χ1n) is 7.15. The van der Waals surface area contributed by atoms with Gasteiger partial charge in [0.05, 0.1) is 0 Å². The van der Waals surface area contributed by atoms with E-state index in [1.165, 1.54) is 4.80 Å². The van der Waals surface area contributed by atoms with Crippen molar-refractivity contribution >= 4 is 39.1 Å². The van der Waals surface area contributed by atoms with Crippen LogP contribution in [0.15, 0.2) is 53.0 Å². The number of benzene rings is 2. The van der Waals surface area contributed by atoms with E-state index < -0.39 is 6.04 Å². The summed E-state index contributed by atoms with van der Waals surface area (Å²) in [5.74, 6) is 0.193. The van der Waals surface area contributed by atoms with Crippen molar-refractivity contribution in [2.45, 2.75) is 13.0 Å². The molecule has 0 saturated heterocycles. The molecule has 3 rings (SSSR count). The van der Waals surface area contributed by atoms with Crippen molar-refractivity contribution in [3.8, 4) is 11.4 Å². The molecule has 0 aliphatic heterocycles. The van der Waals surface area contributed by atoms with Gasteiger partial charge < -0.3 is 5.32 Å². The minimum Gasteiger partial charge on any atom is -0.324 e. The molecular formula is C16H13BrClN5O. The molecule has 1 atom stereocenters. The first-order chi connectivity index (χ1) is 11.5. The van der Waals surface area contributed by atoms with Crippen LogP contribution in [0, 0.1) is 0 Å². The van der Waals surface area contributed by atoms with Crippen molar-refractivity contribution in [2.24, 2.45) is 0 Å². The molecule has 0 saturated carbocycles. The lowest BCUT2D eigenvalue weighted by Gasteiger charge is -2.10. The van der Waals surface area contributed by atoms with Crippen molar-refractivity contribution in [3.63, 3.8) is 0 Å². The molecule has 1 amide bonds. The summed E-state index contributed by atoms with van der Waals surface area (Å²) in [6, 6.07) is 13.9. The highest BCUT2D eigenvalue weighted by Crippen LogP contribution is 2.24. The summed E-state index contributed by atoms with van der Waals surface area (Å²) in [6.45, 7) is 1.70. The quantitative estimate of drug-likeness (QED) is 0.712. The molecule has 0 aliphatic carbocycles. The molecule has 1 N–H and O–H groups in total. The molecule has 122 valence electrons. The van der Waals surface area contributed by atoms with Crippen LogP contribution in [0.5, 0.6) is 0 Å². The highest BCUT2D eigenvalue weighted by molar-refractivity contribution is 9.10. The second kappa shape index (κ2) is 7.11. The minimum atomic E-state index is -0.618. The molecule has 0 aliphatic rings. The summed E-state index contributed by atoms with van der Waals surface area (Å²) >= 11 is 9.37. The SMILES string of the molecule is C[C@H](C(=O)Nc1cccc(Cl)c1)n1nnc(-c2ccccc2Br)n1. The Kier molecular flexibility index (Phi) is 4.92. The Hall–Kier alpha value is -2.25. The van der Waals surface area contributed by atoms with Crippen LogP contribution in [0.25, 0.3) is 11.4 Å². The van der Waals surface area contributed by atoms with Crippen LogP contribution >= 0.6 is 27.5 Å². The van der Waals surface area contributed by atoms with E-state index in [2.05, 4.69) is 36.7 Å². The van der Waals surface area contributed by atoms with Crippen LogP contribution in [-0.2, 0) is 4.79 Å². The Morgan fingerprint density at radius 2 is 2.04 bits per heavy atom. The fraction of sp³-hybridized carbons (Fsp3) is 0.125. The number of anilines is 1. The van der Waals surface area contributed by atoms with Gasteiger partial charge in [0.2, 0.25) is 5.82 Å². The molecule has 0 radical (unpaired) electrons. The number of hydrogen-bond donors (Lipinski definition) is 1. The van der Waals surface area contributed by atoms with Crippen molar-refractivity contribution in [1.82, 2.24) is 20.2 Å². The van der Waals surface area contributed by atoms with E-state index in [-0.39, 0.29) is 5.91 Å². The fourth-order valence-corrected chi connectivity index (χ4v) is 2.71. The molecule has 8 heteroatoms. The lowest BCUT2D eigenvalue weighted by molar-refractivity contribution is -0.119. The number of aromatic nitrogens is 4. The molecule has 2 aromatic carbocycles. The molecular weight excluding hydrogens is 394 g/mol. The van der Waals surface area contributed by atoms with Gasteiger partial charge in [-0.1, -0.05) is 45.7 Å². The Bertz CT molecular complexity index is 882. The number of carbonyl (C=O) groups excluding carboxylic acids is 1. The zero-order valence-corrected chi connectivity index (χ0v) is 15.0. The van der Waals surface area contributed by atoms with Gasteiger partial charge in [0.15, 0.2) is 0 Å². The number of rotatable bonds is 4. The summed E-state index contributed by atoms with van der Waals surface area (Å²) in [7, 11) is 0. The van der Waals surface area contributed by atoms with Gasteiger partial charge in [0.25, 0.3) is 5.91 Å². The van der Waals surface area contributed by atoms with Gasteiger partial charge in [-0.25, -0.2) is 0 Å². The van der Waals surface area contributed by atoms with Crippen LogP contribution in [0.2, 0.25) is 5.02 Å². The van der Waals surface area contributed by atoms with Crippen molar-refractivity contribution in [2.75, 3.05) is 5.32 Å². The maximum atomic E-state index is 12.3. The number of nitrogens with one attached hydrogen (secondary N) is 1. The Balaban J connectivity index is 1.77. The molecule has 0 fully saturated rings. The minimum absolute atomic E-state index is 0.256. The van der Waals surface area contributed by atoms with Crippen LogP contribution in [0.3, 0.4) is 0 Å². The average molecular weight is 407 g/mol. The van der Waals surface area contributed by atoms with Gasteiger partial charge in [-0.05, 0) is 42.5 Å². The van der Waals surface area contributed by atoms with Gasteiger partial charge in [-0.2, -0.15) is 4.80 Å². The zero-order valence-electron chi connectivity index (χ0n) is 12.6. The highest BCUT2D eigenvalue weighted by Gasteiger charge is 2.19. The van der Waals surface area contributed by atoms with Crippen LogP contribution in [0.4, 0.5) is 5.69 Å². The normalized spacial score (nSPS) is 12.0. The molecule has 0 bridgehead atoms. The van der Waals surface area contributed by atoms with Gasteiger partial charge in [0, 0.05) is 20.7 Å². The predicted octanol–water partition coefficient (Wildman–Crippen LogP) is 3.96. The number of nitrogens with zero attached hydrogens (tertiary/aromatic N) is 4. The van der Waals surface area contributed by atoms with Crippen molar-refractivity contribution in [3.05, 3.63) is 58.0 Å². The van der Waals surface area contributed by atoms with Crippen LogP contribution in [-0.4, -0.2) is 26.1 Å². The maximum Gasteiger partial charge on any atom is 0.250 e. The second-order valence-electron chi connectivity index (χ2n) is 5.09. The van der Waals surface area contributed by atoms with Gasteiger partial charge in [-0.15, -0.1) is 10.2 Å². The topological polar surface area (TPSA) is 72.7 Å². The maximum absolute atomic E-state index is 12.3. The summed E-state index contributed by atoms with van der Waals surface area (Å²) in [5, 5.41) is 15.6. The Morgan fingerprint density at radius 3 is 2.79 bits per heavy atom. The first kappa shape index (κ1) is 16.6. The first-order valence-corrected chi connectivity index (χ1v) is 8.32. The van der Waals surface area contributed by atoms with Gasteiger partial charge in [0.1, 0.15) is 6.04 Å². The lowest BCUT2D eigenvalue weighted by atomic mass is 10.2. The number of hydrogen-bond acceptors (Lipinski definition) is 4. The van der Waals surface area contributed by atoms with Crippen LogP contribution in [0.1, 0.15) is 13.0 Å². The van der Waals surface area contributed by atoms with Crippen molar-refractivity contribution < 1.29 is 4.79 Å². The summed E-state index contributed by atoms with van der Waals surface area (Å²) in [5.41, 5.74) is 1.43. The third-order valence-electron chi connectivity index (χ3n) is 3.36. The van der Waals surface area contributed by atoms with Gasteiger partial charge >= 0.3 is 0 Å². The van der Waals surface area contributed by atoms with E-state index in [1.54, 1.807) is 31.2 Å². The molecule has 1 aromatic heterocycles. The summed E-state index contributed by atoms with van der Waals surface area (Å²) in [4.78, 5) is 13.6. The lowest BCUT2D eigenvalue weighted by Crippen LogP contribution is -2.25. The largest absolute Gasteiger partial charge is 0.324 e. The van der Waals surface area contributed by atoms with Gasteiger partial charge in [-0.3, -0.25) is 4.79 Å². The summed E-state index contributed by atoms with van der Waals surface area (Å²) < 4.78 is 0.862. The van der Waals surface area contributed by atoms with Crippen LogP contribution < -0.4 is 5.32 Å². The van der Waals surface area contributed by atoms with E-state index in [1.807, 2.05) is 24.3 Å². The number of amides is 1. The zero-order chi connectivity index (χ0) is 17.1. The fourth-order valence-electron chi connectivity index (χ4n) is 2.06. The molecule has 0 unspecified atom stereocenters. The third kappa shape index (κ3) is 3.63. The number of tetrazole rings is 1. The highest BCUT2D eigenvalue weighted by atomic mass is 79.9. The molecule has 3 aromatic rings. The summed E-state index contributed by atoms with van der Waals surface area (Å²) in [6.07, 6.45) is 0. The number of carbonyl (C=O) groups is 1. The smallest absolute Gasteiger partial charge is 0.250 e. The van der Waals surface area contributed by atoms with Crippen molar-refractivity contribution in [1.29, 1.82) is 0 Å². The second-order valence-corrected chi connectivity index (χ2v) is 6.38. The molecule has 1 heterocycles. The van der Waals surface area contributed by atoms with E-state index in [0.717, 1.165) is 10.0 Å². The Morgan fingerprint density at radius 1 is 1.25 bits per heavy atom. The third-order valence-corrected chi connectivity index (χ3v) is 4.29. The standard InChI is InChI=1S/C16H13BrClN5O/c1-10(16(24)19-12-6-4-5-11(18)9-12)23-21-15(20-22-23)13-7-2-3-8-14(13)17/h2-10H,1H3,(H,19,24)/t10-/m1/s1.